The van der Waals surface area contributed by atoms with E-state index in [0.29, 0.717) is 19.4 Å². The van der Waals surface area contributed by atoms with Gasteiger partial charge in [-0.1, -0.05) is 31.2 Å². The van der Waals surface area contributed by atoms with Crippen LogP contribution in [0.15, 0.2) is 53.9 Å². The molecule has 1 fully saturated rings. The molecule has 136 valence electrons. The highest BCUT2D eigenvalue weighted by atomic mass is 19.1. The molecule has 0 saturated heterocycles. The molecule has 3 aliphatic rings. The smallest absolute Gasteiger partial charge is 0.306 e. The molecule has 3 unspecified atom stereocenters. The van der Waals surface area contributed by atoms with Gasteiger partial charge in [-0.15, -0.1) is 0 Å². The van der Waals surface area contributed by atoms with Crippen LogP contribution in [0.2, 0.25) is 0 Å². The maximum Gasteiger partial charge on any atom is 0.306 e. The van der Waals surface area contributed by atoms with Crippen molar-refractivity contribution < 1.29 is 19.0 Å². The number of rotatable bonds is 3. The average molecular weight is 354 g/mol. The number of carboxylic acids is 1. The van der Waals surface area contributed by atoms with Gasteiger partial charge in [0.05, 0.1) is 5.92 Å². The molecular formula is C22H23FO3. The highest BCUT2D eigenvalue weighted by Gasteiger charge is 2.47. The average Bonchev–Trinajstić information content (AvgIpc) is 3.04. The molecule has 0 bridgehead atoms. The summed E-state index contributed by atoms with van der Waals surface area (Å²) in [6.07, 6.45) is 8.26. The Morgan fingerprint density at radius 1 is 1.35 bits per heavy atom. The second-order valence-electron chi connectivity index (χ2n) is 7.71. The van der Waals surface area contributed by atoms with Crippen molar-refractivity contribution in [3.8, 4) is 5.75 Å². The Kier molecular flexibility index (Phi) is 4.22. The number of carboxylic acid groups (broad SMARTS) is 1. The van der Waals surface area contributed by atoms with E-state index >= 15 is 0 Å². The summed E-state index contributed by atoms with van der Waals surface area (Å²) in [7, 11) is 0. The molecule has 0 aromatic heterocycles. The van der Waals surface area contributed by atoms with Gasteiger partial charge in [-0.25, -0.2) is 4.39 Å². The third-order valence-corrected chi connectivity index (χ3v) is 6.25. The van der Waals surface area contributed by atoms with E-state index < -0.39 is 11.9 Å². The fourth-order valence-electron chi connectivity index (χ4n) is 4.80. The van der Waals surface area contributed by atoms with Gasteiger partial charge in [0.2, 0.25) is 0 Å². The van der Waals surface area contributed by atoms with Crippen LogP contribution in [-0.2, 0) is 4.79 Å². The molecular weight excluding hydrogens is 331 g/mol. The number of hydrogen-bond acceptors (Lipinski definition) is 2. The first-order valence-electron chi connectivity index (χ1n) is 9.22. The first-order chi connectivity index (χ1) is 12.5. The molecule has 26 heavy (non-hydrogen) atoms. The Hall–Kier alpha value is -2.36. The van der Waals surface area contributed by atoms with E-state index in [2.05, 4.69) is 6.08 Å². The van der Waals surface area contributed by atoms with Gasteiger partial charge >= 0.3 is 5.97 Å². The van der Waals surface area contributed by atoms with E-state index in [1.165, 1.54) is 0 Å². The number of benzene rings is 1. The molecule has 1 heterocycles. The van der Waals surface area contributed by atoms with Gasteiger partial charge in [0.15, 0.2) is 0 Å². The lowest BCUT2D eigenvalue weighted by atomic mass is 9.68. The van der Waals surface area contributed by atoms with Gasteiger partial charge in [0.25, 0.3) is 0 Å². The second-order valence-corrected chi connectivity index (χ2v) is 7.71. The molecule has 2 aliphatic carbocycles. The van der Waals surface area contributed by atoms with Crippen LogP contribution in [0.3, 0.4) is 0 Å². The summed E-state index contributed by atoms with van der Waals surface area (Å²) in [6, 6.07) is 7.93. The number of aliphatic carboxylic acids is 1. The first-order valence-corrected chi connectivity index (χ1v) is 9.22. The van der Waals surface area contributed by atoms with Crippen LogP contribution < -0.4 is 4.74 Å². The summed E-state index contributed by atoms with van der Waals surface area (Å²) in [5.41, 5.74) is 2.97. The van der Waals surface area contributed by atoms with Gasteiger partial charge in [-0.3, -0.25) is 4.79 Å². The van der Waals surface area contributed by atoms with Gasteiger partial charge in [0.1, 0.15) is 18.2 Å². The van der Waals surface area contributed by atoms with E-state index in [0.717, 1.165) is 35.3 Å². The van der Waals surface area contributed by atoms with Crippen LogP contribution in [0.5, 0.6) is 5.75 Å². The minimum Gasteiger partial charge on any atom is -0.489 e. The third kappa shape index (κ3) is 2.77. The van der Waals surface area contributed by atoms with Crippen LogP contribution in [-0.4, -0.2) is 17.7 Å². The highest BCUT2D eigenvalue weighted by Crippen LogP contribution is 2.58. The Labute approximate surface area is 152 Å². The molecule has 1 aliphatic heterocycles. The van der Waals surface area contributed by atoms with Crippen molar-refractivity contribution in [2.75, 3.05) is 6.61 Å². The zero-order chi connectivity index (χ0) is 18.3. The monoisotopic (exact) mass is 354 g/mol. The summed E-state index contributed by atoms with van der Waals surface area (Å²) in [5, 5.41) is 9.40. The third-order valence-electron chi connectivity index (χ3n) is 6.25. The largest absolute Gasteiger partial charge is 0.489 e. The van der Waals surface area contributed by atoms with Crippen LogP contribution in [0.25, 0.3) is 5.57 Å². The number of allylic oxidation sites excluding steroid dienone is 5. The van der Waals surface area contributed by atoms with Crippen LogP contribution in [0.4, 0.5) is 4.39 Å². The number of carbonyl (C=O) groups is 1. The topological polar surface area (TPSA) is 46.5 Å². The SMILES string of the molecule is CC(C(=O)O)C1CCC2(CC(F)=CC=C2C2=CCOc3ccccc32)C1. The standard InChI is InChI=1S/C22H23FO3/c1-14(21(24)25)15-8-10-22(12-15)13-16(23)6-7-19(22)17-9-11-26-20-5-3-2-4-18(17)20/h2-7,9,14-15H,8,10-13H2,1H3,(H,24,25). The minimum atomic E-state index is -0.764. The molecule has 4 heteroatoms. The molecule has 3 atom stereocenters. The van der Waals surface area contributed by atoms with E-state index in [1.54, 1.807) is 13.0 Å². The van der Waals surface area contributed by atoms with E-state index in [9.17, 15) is 14.3 Å². The summed E-state index contributed by atoms with van der Waals surface area (Å²) in [6.45, 7) is 2.27. The van der Waals surface area contributed by atoms with E-state index in [-0.39, 0.29) is 17.2 Å². The van der Waals surface area contributed by atoms with Gasteiger partial charge in [-0.2, -0.15) is 0 Å². The summed E-state index contributed by atoms with van der Waals surface area (Å²) in [4.78, 5) is 11.4. The number of halogens is 1. The predicted molar refractivity (Wildman–Crippen MR) is 98.4 cm³/mol. The van der Waals surface area contributed by atoms with Crippen LogP contribution >= 0.6 is 0 Å². The molecule has 0 radical (unpaired) electrons. The molecule has 1 spiro atoms. The van der Waals surface area contributed by atoms with Gasteiger partial charge in [0, 0.05) is 17.4 Å². The Morgan fingerprint density at radius 3 is 2.96 bits per heavy atom. The summed E-state index contributed by atoms with van der Waals surface area (Å²) >= 11 is 0. The summed E-state index contributed by atoms with van der Waals surface area (Å²) in [5.74, 6) is -0.346. The minimum absolute atomic E-state index is 0.0810. The van der Waals surface area contributed by atoms with Crippen molar-refractivity contribution >= 4 is 11.5 Å². The lowest BCUT2D eigenvalue weighted by molar-refractivity contribution is -0.142. The van der Waals surface area contributed by atoms with Gasteiger partial charge < -0.3 is 9.84 Å². The van der Waals surface area contributed by atoms with Crippen molar-refractivity contribution in [2.24, 2.45) is 17.3 Å². The fourth-order valence-corrected chi connectivity index (χ4v) is 4.80. The van der Waals surface area contributed by atoms with Crippen molar-refractivity contribution in [2.45, 2.75) is 32.6 Å². The number of para-hydroxylation sites is 1. The molecule has 1 aromatic carbocycles. The van der Waals surface area contributed by atoms with Crippen molar-refractivity contribution in [3.05, 3.63) is 59.5 Å². The maximum absolute atomic E-state index is 14.3. The molecule has 1 saturated carbocycles. The number of ether oxygens (including phenoxy) is 1. The normalized spacial score (nSPS) is 28.5. The second kappa shape index (κ2) is 6.42. The van der Waals surface area contributed by atoms with E-state index in [4.69, 9.17) is 4.74 Å². The lowest BCUT2D eigenvalue weighted by Gasteiger charge is -2.37. The van der Waals surface area contributed by atoms with Crippen LogP contribution in [0.1, 0.15) is 38.2 Å². The molecule has 3 nitrogen and oxygen atoms in total. The quantitative estimate of drug-likeness (QED) is 0.816. The zero-order valence-corrected chi connectivity index (χ0v) is 14.9. The van der Waals surface area contributed by atoms with E-state index in [1.807, 2.05) is 30.3 Å². The van der Waals surface area contributed by atoms with Crippen molar-refractivity contribution in [3.63, 3.8) is 0 Å². The number of fused-ring (bicyclic) bond motifs is 1. The Morgan fingerprint density at radius 2 is 2.15 bits per heavy atom. The van der Waals surface area contributed by atoms with Gasteiger partial charge in [-0.05, 0) is 54.5 Å². The first kappa shape index (κ1) is 17.1. The maximum atomic E-state index is 14.3. The molecule has 4 rings (SSSR count). The predicted octanol–water partition coefficient (Wildman–Crippen LogP) is 5.15. The summed E-state index contributed by atoms with van der Waals surface area (Å²) < 4.78 is 20.0. The van der Waals surface area contributed by atoms with Crippen molar-refractivity contribution in [1.82, 2.24) is 0 Å². The molecule has 1 N–H and O–H groups in total. The fraction of sp³-hybridized carbons (Fsp3) is 0.409. The Balaban J connectivity index is 1.73. The number of hydrogen-bond donors (Lipinski definition) is 1. The highest BCUT2D eigenvalue weighted by molar-refractivity contribution is 5.85. The molecule has 1 aromatic rings. The van der Waals surface area contributed by atoms with Crippen molar-refractivity contribution in [1.29, 1.82) is 0 Å². The lowest BCUT2D eigenvalue weighted by Crippen LogP contribution is -2.26. The van der Waals surface area contributed by atoms with Crippen LogP contribution in [0, 0.1) is 17.3 Å². The zero-order valence-electron chi connectivity index (χ0n) is 14.9. The Bertz CT molecular complexity index is 836. The molecule has 0 amide bonds.